The van der Waals surface area contributed by atoms with Crippen molar-refractivity contribution < 1.29 is 9.84 Å². The number of aliphatic hydroxyl groups excluding tert-OH is 1. The number of aromatic amines is 1. The van der Waals surface area contributed by atoms with E-state index in [1.165, 1.54) is 5.69 Å². The maximum Gasteiger partial charge on any atom is 0.145 e. The number of H-pyrrole nitrogens is 1. The number of nitrogens with zero attached hydrogens (tertiary/aromatic N) is 4. The number of rotatable bonds is 6. The number of anilines is 1. The Kier molecular flexibility index (Phi) is 5.47. The lowest BCUT2D eigenvalue weighted by atomic mass is 10.2. The van der Waals surface area contributed by atoms with Crippen molar-refractivity contribution in [3.8, 4) is 0 Å². The first kappa shape index (κ1) is 19.7. The zero-order chi connectivity index (χ0) is 20.5. The molecule has 4 rings (SSSR count). The molecule has 0 radical (unpaired) electrons. The van der Waals surface area contributed by atoms with Crippen LogP contribution in [-0.4, -0.2) is 89.7 Å². The third-order valence-electron chi connectivity index (χ3n) is 5.57. The second-order valence-electron chi connectivity index (χ2n) is 8.09. The normalized spacial score (nSPS) is 18.7. The van der Waals surface area contributed by atoms with Crippen LogP contribution in [0.15, 0.2) is 24.0 Å². The van der Waals surface area contributed by atoms with E-state index in [9.17, 15) is 5.11 Å². The van der Waals surface area contributed by atoms with Crippen LogP contribution >= 0.6 is 0 Å². The molecule has 0 spiro atoms. The molecule has 0 unspecified atom stereocenters. The molecule has 1 aromatic heterocycles. The van der Waals surface area contributed by atoms with Crippen molar-refractivity contribution >= 4 is 28.1 Å². The first-order valence-electron chi connectivity index (χ1n) is 10.2. The molecule has 8 heteroatoms. The van der Waals surface area contributed by atoms with E-state index in [2.05, 4.69) is 38.9 Å². The molecule has 2 aromatic rings. The minimum atomic E-state index is 0.151. The van der Waals surface area contributed by atoms with E-state index in [0.29, 0.717) is 31.1 Å². The Morgan fingerprint density at radius 3 is 2.72 bits per heavy atom. The smallest absolute Gasteiger partial charge is 0.145 e. The lowest BCUT2D eigenvalue weighted by Crippen LogP contribution is -2.44. The lowest BCUT2D eigenvalue weighted by Gasteiger charge is -2.34. The number of likely N-dealkylation sites (N-methyl/N-ethyl adjacent to an activating group) is 1. The van der Waals surface area contributed by atoms with Gasteiger partial charge in [0.2, 0.25) is 0 Å². The van der Waals surface area contributed by atoms with E-state index >= 15 is 0 Å². The van der Waals surface area contributed by atoms with Crippen LogP contribution < -0.4 is 4.90 Å². The fourth-order valence-corrected chi connectivity index (χ4v) is 3.85. The summed E-state index contributed by atoms with van der Waals surface area (Å²) in [5.74, 6) is 1.01. The van der Waals surface area contributed by atoms with Gasteiger partial charge in [0.15, 0.2) is 0 Å². The van der Waals surface area contributed by atoms with Gasteiger partial charge in [-0.1, -0.05) is 0 Å². The highest BCUT2D eigenvalue weighted by Crippen LogP contribution is 2.28. The van der Waals surface area contributed by atoms with Crippen LogP contribution in [-0.2, 0) is 4.74 Å². The predicted octanol–water partition coefficient (Wildman–Crippen LogP) is 2.30. The number of hydrogen-bond donors (Lipinski definition) is 3. The third kappa shape index (κ3) is 4.09. The molecule has 3 N–H and O–H groups in total. The van der Waals surface area contributed by atoms with Gasteiger partial charge in [-0.05, 0) is 39.1 Å². The molecular weight excluding hydrogens is 368 g/mol. The Morgan fingerprint density at radius 2 is 2.00 bits per heavy atom. The van der Waals surface area contributed by atoms with Crippen molar-refractivity contribution in [3.05, 3.63) is 29.8 Å². The highest BCUT2D eigenvalue weighted by atomic mass is 16.5. The molecule has 2 aliphatic rings. The van der Waals surface area contributed by atoms with Gasteiger partial charge in [-0.15, -0.1) is 0 Å². The number of fused-ring (bicyclic) bond motifs is 1. The molecule has 2 aliphatic heterocycles. The molecule has 0 bridgehead atoms. The number of amidine groups is 1. The molecule has 29 heavy (non-hydrogen) atoms. The van der Waals surface area contributed by atoms with Crippen LogP contribution in [0.3, 0.4) is 0 Å². The van der Waals surface area contributed by atoms with E-state index in [-0.39, 0.29) is 17.7 Å². The second kappa shape index (κ2) is 8.04. The Bertz CT molecular complexity index is 926. The molecule has 0 atom stereocenters. The number of benzene rings is 1. The summed E-state index contributed by atoms with van der Waals surface area (Å²) < 4.78 is 5.58. The van der Waals surface area contributed by atoms with Gasteiger partial charge in [0.25, 0.3) is 0 Å². The minimum absolute atomic E-state index is 0.151. The first-order chi connectivity index (χ1) is 13.9. The van der Waals surface area contributed by atoms with E-state index in [4.69, 9.17) is 10.1 Å². The van der Waals surface area contributed by atoms with E-state index in [1.807, 2.05) is 24.8 Å². The molecule has 1 saturated heterocycles. The lowest BCUT2D eigenvalue weighted by molar-refractivity contribution is 0.0705. The summed E-state index contributed by atoms with van der Waals surface area (Å²) in [7, 11) is 2.15. The number of piperazine rings is 1. The van der Waals surface area contributed by atoms with Crippen molar-refractivity contribution in [3.63, 3.8) is 0 Å². The molecule has 3 heterocycles. The van der Waals surface area contributed by atoms with Gasteiger partial charge >= 0.3 is 0 Å². The van der Waals surface area contributed by atoms with Crippen molar-refractivity contribution in [1.29, 1.82) is 5.41 Å². The van der Waals surface area contributed by atoms with Crippen LogP contribution in [0.1, 0.15) is 19.7 Å². The standard InChI is InChI=1S/C21H30N6O2/c1-14(2)29-11-10-27-13-18(28)19(20(27)22)21-23-16-5-4-15(12-17(16)24-21)26-8-6-25(3)7-9-26/h4-5,12,14,22,28H,6-11,13H2,1-3H3,(H,23,24). The van der Waals surface area contributed by atoms with Gasteiger partial charge in [-0.2, -0.15) is 0 Å². The zero-order valence-corrected chi connectivity index (χ0v) is 17.4. The van der Waals surface area contributed by atoms with Crippen LogP contribution in [0.4, 0.5) is 5.69 Å². The van der Waals surface area contributed by atoms with Gasteiger partial charge in [-0.25, -0.2) is 4.98 Å². The van der Waals surface area contributed by atoms with Crippen LogP contribution in [0, 0.1) is 5.41 Å². The van der Waals surface area contributed by atoms with Gasteiger partial charge in [-0.3, -0.25) is 5.41 Å². The monoisotopic (exact) mass is 398 g/mol. The van der Waals surface area contributed by atoms with Crippen LogP contribution in [0.2, 0.25) is 0 Å². The van der Waals surface area contributed by atoms with Gasteiger partial charge in [0.05, 0.1) is 35.9 Å². The average Bonchev–Trinajstić information content (AvgIpc) is 3.21. The Morgan fingerprint density at radius 1 is 1.24 bits per heavy atom. The fourth-order valence-electron chi connectivity index (χ4n) is 3.85. The second-order valence-corrected chi connectivity index (χ2v) is 8.09. The summed E-state index contributed by atoms with van der Waals surface area (Å²) in [5, 5.41) is 19.0. The Hall–Kier alpha value is -2.58. The quantitative estimate of drug-likeness (QED) is 0.692. The number of aromatic nitrogens is 2. The number of hydrogen-bond acceptors (Lipinski definition) is 6. The molecule has 1 aromatic carbocycles. The number of aliphatic hydroxyl groups is 1. The van der Waals surface area contributed by atoms with Gasteiger partial charge in [0, 0.05) is 38.4 Å². The Labute approximate surface area is 171 Å². The summed E-state index contributed by atoms with van der Waals surface area (Å²) in [4.78, 5) is 14.5. The highest BCUT2D eigenvalue weighted by Gasteiger charge is 2.30. The van der Waals surface area contributed by atoms with E-state index in [0.717, 1.165) is 37.2 Å². The highest BCUT2D eigenvalue weighted by molar-refractivity contribution is 6.23. The zero-order valence-electron chi connectivity index (χ0n) is 17.4. The van der Waals surface area contributed by atoms with Crippen molar-refractivity contribution in [2.24, 2.45) is 0 Å². The molecular formula is C21H30N6O2. The summed E-state index contributed by atoms with van der Waals surface area (Å²) in [6.45, 7) is 9.51. The molecule has 0 aliphatic carbocycles. The van der Waals surface area contributed by atoms with Crippen molar-refractivity contribution in [1.82, 2.24) is 19.8 Å². The molecule has 0 amide bonds. The molecule has 8 nitrogen and oxygen atoms in total. The largest absolute Gasteiger partial charge is 0.510 e. The number of nitrogens with one attached hydrogen (secondary N) is 2. The average molecular weight is 399 g/mol. The van der Waals surface area contributed by atoms with Crippen LogP contribution in [0.25, 0.3) is 16.6 Å². The SMILES string of the molecule is CC(C)OCCN1CC(O)=C(c2nc3ccc(N4CCN(C)CC4)cc3[nH]2)C1=N. The van der Waals surface area contributed by atoms with Crippen LogP contribution in [0.5, 0.6) is 0 Å². The summed E-state index contributed by atoms with van der Waals surface area (Å²) in [6.07, 6.45) is 0.151. The van der Waals surface area contributed by atoms with E-state index < -0.39 is 0 Å². The maximum atomic E-state index is 10.5. The molecule has 156 valence electrons. The van der Waals surface area contributed by atoms with Gasteiger partial charge < -0.3 is 29.5 Å². The van der Waals surface area contributed by atoms with Gasteiger partial charge in [0.1, 0.15) is 17.4 Å². The molecule has 0 saturated carbocycles. The predicted molar refractivity (Wildman–Crippen MR) is 116 cm³/mol. The summed E-state index contributed by atoms with van der Waals surface area (Å²) >= 11 is 0. The fraction of sp³-hybridized carbons (Fsp3) is 0.524. The molecule has 1 fully saturated rings. The summed E-state index contributed by atoms with van der Waals surface area (Å²) in [6, 6.07) is 6.22. The minimum Gasteiger partial charge on any atom is -0.510 e. The van der Waals surface area contributed by atoms with E-state index in [1.54, 1.807) is 0 Å². The Balaban J connectivity index is 1.52. The maximum absolute atomic E-state index is 10.5. The van der Waals surface area contributed by atoms with Crippen molar-refractivity contribution in [2.75, 3.05) is 57.8 Å². The topological polar surface area (TPSA) is 91.7 Å². The number of imidazole rings is 1. The van der Waals surface area contributed by atoms with Crippen molar-refractivity contribution in [2.45, 2.75) is 20.0 Å². The summed E-state index contributed by atoms with van der Waals surface area (Å²) in [5.41, 5.74) is 3.42. The third-order valence-corrected chi connectivity index (χ3v) is 5.57. The number of ether oxygens (including phenoxy) is 1. The first-order valence-corrected chi connectivity index (χ1v) is 10.2.